The van der Waals surface area contributed by atoms with Crippen LogP contribution in [0.2, 0.25) is 0 Å². The summed E-state index contributed by atoms with van der Waals surface area (Å²) in [5.41, 5.74) is 1.47. The molecule has 0 N–H and O–H groups in total. The van der Waals surface area contributed by atoms with E-state index < -0.39 is 0 Å². The van der Waals surface area contributed by atoms with Gasteiger partial charge in [-0.1, -0.05) is 57.5 Å². The second kappa shape index (κ2) is 5.68. The van der Waals surface area contributed by atoms with Gasteiger partial charge in [0.2, 0.25) is 0 Å². The number of rotatable bonds is 4. The molecule has 17 heavy (non-hydrogen) atoms. The lowest BCUT2D eigenvalue weighted by atomic mass is 9.96. The fraction of sp³-hybridized carbons (Fsp3) is 0.625. The molecule has 1 aliphatic heterocycles. The summed E-state index contributed by atoms with van der Waals surface area (Å²) in [5.74, 6) is 2.44. The molecular formula is C16H25N. The predicted molar refractivity (Wildman–Crippen MR) is 74.2 cm³/mol. The van der Waals surface area contributed by atoms with Gasteiger partial charge in [-0.05, 0) is 23.3 Å². The Morgan fingerprint density at radius 1 is 1.24 bits per heavy atom. The molecule has 0 spiro atoms. The monoisotopic (exact) mass is 231 g/mol. The summed E-state index contributed by atoms with van der Waals surface area (Å²) < 4.78 is 0. The van der Waals surface area contributed by atoms with Gasteiger partial charge in [-0.15, -0.1) is 0 Å². The third-order valence-electron chi connectivity index (χ3n) is 4.27. The van der Waals surface area contributed by atoms with E-state index in [1.807, 2.05) is 0 Å². The topological polar surface area (TPSA) is 3.24 Å². The first-order chi connectivity index (χ1) is 8.20. The molecule has 1 heterocycles. The molecular weight excluding hydrogens is 206 g/mol. The Kier molecular flexibility index (Phi) is 4.22. The third kappa shape index (κ3) is 3.10. The van der Waals surface area contributed by atoms with Gasteiger partial charge >= 0.3 is 0 Å². The van der Waals surface area contributed by atoms with Gasteiger partial charge in [0.1, 0.15) is 0 Å². The van der Waals surface area contributed by atoms with Gasteiger partial charge in [0.05, 0.1) is 0 Å². The van der Waals surface area contributed by atoms with Crippen molar-refractivity contribution in [1.82, 2.24) is 4.90 Å². The molecule has 0 aliphatic carbocycles. The van der Waals surface area contributed by atoms with E-state index in [-0.39, 0.29) is 0 Å². The van der Waals surface area contributed by atoms with Crippen LogP contribution in [-0.4, -0.2) is 24.5 Å². The van der Waals surface area contributed by atoms with Gasteiger partial charge in [0.25, 0.3) is 0 Å². The predicted octanol–water partition coefficient (Wildman–Crippen LogP) is 3.77. The Labute approximate surface area is 106 Å². The molecule has 1 nitrogen and oxygen atoms in total. The smallest absolute Gasteiger partial charge is 0.00478 e. The normalized spacial score (nSPS) is 27.2. The van der Waals surface area contributed by atoms with Crippen LogP contribution in [0.1, 0.15) is 38.7 Å². The molecule has 1 aromatic carbocycles. The zero-order valence-electron chi connectivity index (χ0n) is 11.4. The first kappa shape index (κ1) is 12.6. The maximum absolute atomic E-state index is 2.65. The molecule has 1 saturated heterocycles. The number of hydrogen-bond acceptors (Lipinski definition) is 1. The summed E-state index contributed by atoms with van der Waals surface area (Å²) >= 11 is 0. The van der Waals surface area contributed by atoms with Gasteiger partial charge in [-0.2, -0.15) is 0 Å². The van der Waals surface area contributed by atoms with Crippen molar-refractivity contribution >= 4 is 0 Å². The van der Waals surface area contributed by atoms with Crippen LogP contribution in [0.15, 0.2) is 30.3 Å². The first-order valence-electron chi connectivity index (χ1n) is 6.98. The molecule has 1 aliphatic rings. The highest BCUT2D eigenvalue weighted by Crippen LogP contribution is 2.27. The molecule has 0 radical (unpaired) electrons. The van der Waals surface area contributed by atoms with E-state index in [9.17, 15) is 0 Å². The lowest BCUT2D eigenvalue weighted by Gasteiger charge is -2.21. The average molecular weight is 231 g/mol. The number of benzene rings is 1. The van der Waals surface area contributed by atoms with E-state index in [0.29, 0.717) is 5.92 Å². The zero-order chi connectivity index (χ0) is 12.3. The molecule has 94 valence electrons. The SMILES string of the molecule is CCC1CN(CC(C)c2ccccc2)CC1C. The zero-order valence-corrected chi connectivity index (χ0v) is 11.4. The molecule has 1 aromatic rings. The van der Waals surface area contributed by atoms with Crippen molar-refractivity contribution < 1.29 is 0 Å². The van der Waals surface area contributed by atoms with E-state index >= 15 is 0 Å². The second-order valence-electron chi connectivity index (χ2n) is 5.68. The molecule has 0 aromatic heterocycles. The van der Waals surface area contributed by atoms with Crippen molar-refractivity contribution in [2.75, 3.05) is 19.6 Å². The molecule has 1 heteroatoms. The molecule has 0 amide bonds. The van der Waals surface area contributed by atoms with E-state index in [2.05, 4.69) is 56.0 Å². The molecule has 1 fully saturated rings. The summed E-state index contributed by atoms with van der Waals surface area (Å²) in [5, 5.41) is 0. The van der Waals surface area contributed by atoms with E-state index in [1.54, 1.807) is 0 Å². The van der Waals surface area contributed by atoms with E-state index in [0.717, 1.165) is 11.8 Å². The van der Waals surface area contributed by atoms with E-state index in [1.165, 1.54) is 31.6 Å². The lowest BCUT2D eigenvalue weighted by Crippen LogP contribution is -2.25. The van der Waals surface area contributed by atoms with Crippen molar-refractivity contribution in [2.24, 2.45) is 11.8 Å². The van der Waals surface area contributed by atoms with Crippen LogP contribution in [0.25, 0.3) is 0 Å². The fourth-order valence-corrected chi connectivity index (χ4v) is 3.10. The highest BCUT2D eigenvalue weighted by Gasteiger charge is 2.28. The van der Waals surface area contributed by atoms with Crippen molar-refractivity contribution in [3.8, 4) is 0 Å². The quantitative estimate of drug-likeness (QED) is 0.762. The number of hydrogen-bond donors (Lipinski definition) is 0. The number of likely N-dealkylation sites (tertiary alicyclic amines) is 1. The summed E-state index contributed by atoms with van der Waals surface area (Å²) in [6.45, 7) is 10.9. The van der Waals surface area contributed by atoms with Gasteiger partial charge < -0.3 is 4.90 Å². The summed E-state index contributed by atoms with van der Waals surface area (Å²) in [4.78, 5) is 2.65. The van der Waals surface area contributed by atoms with Crippen molar-refractivity contribution in [2.45, 2.75) is 33.1 Å². The Bertz CT molecular complexity index is 333. The van der Waals surface area contributed by atoms with Gasteiger partial charge in [-0.25, -0.2) is 0 Å². The summed E-state index contributed by atoms with van der Waals surface area (Å²) in [6.07, 6.45) is 1.33. The lowest BCUT2D eigenvalue weighted by molar-refractivity contribution is 0.304. The molecule has 0 saturated carbocycles. The first-order valence-corrected chi connectivity index (χ1v) is 6.98. The summed E-state index contributed by atoms with van der Waals surface area (Å²) in [7, 11) is 0. The maximum Gasteiger partial charge on any atom is 0.00478 e. The van der Waals surface area contributed by atoms with Crippen LogP contribution >= 0.6 is 0 Å². The molecule has 3 unspecified atom stereocenters. The highest BCUT2D eigenvalue weighted by atomic mass is 15.2. The minimum atomic E-state index is 0.652. The minimum absolute atomic E-state index is 0.652. The van der Waals surface area contributed by atoms with Crippen LogP contribution < -0.4 is 0 Å². The van der Waals surface area contributed by atoms with Crippen LogP contribution in [-0.2, 0) is 0 Å². The Balaban J connectivity index is 1.90. The Morgan fingerprint density at radius 2 is 1.94 bits per heavy atom. The Hall–Kier alpha value is -0.820. The standard InChI is InChI=1S/C16H25N/c1-4-15-12-17(10-13(15)2)11-14(3)16-8-6-5-7-9-16/h5-9,13-15H,4,10-12H2,1-3H3. The van der Waals surface area contributed by atoms with Gasteiger partial charge in [-0.3, -0.25) is 0 Å². The highest BCUT2D eigenvalue weighted by molar-refractivity contribution is 5.19. The molecule has 3 atom stereocenters. The van der Waals surface area contributed by atoms with Gasteiger partial charge in [0, 0.05) is 19.6 Å². The average Bonchev–Trinajstić information content (AvgIpc) is 2.70. The van der Waals surface area contributed by atoms with Gasteiger partial charge in [0.15, 0.2) is 0 Å². The molecule has 0 bridgehead atoms. The second-order valence-corrected chi connectivity index (χ2v) is 5.68. The fourth-order valence-electron chi connectivity index (χ4n) is 3.10. The van der Waals surface area contributed by atoms with Crippen LogP contribution in [0.4, 0.5) is 0 Å². The van der Waals surface area contributed by atoms with Crippen molar-refractivity contribution in [1.29, 1.82) is 0 Å². The van der Waals surface area contributed by atoms with Crippen LogP contribution in [0.5, 0.6) is 0 Å². The molecule has 2 rings (SSSR count). The van der Waals surface area contributed by atoms with Crippen LogP contribution in [0.3, 0.4) is 0 Å². The Morgan fingerprint density at radius 3 is 2.53 bits per heavy atom. The number of nitrogens with zero attached hydrogens (tertiary/aromatic N) is 1. The van der Waals surface area contributed by atoms with Crippen molar-refractivity contribution in [3.05, 3.63) is 35.9 Å². The minimum Gasteiger partial charge on any atom is -0.302 e. The largest absolute Gasteiger partial charge is 0.302 e. The van der Waals surface area contributed by atoms with Crippen LogP contribution in [0, 0.1) is 11.8 Å². The summed E-state index contributed by atoms with van der Waals surface area (Å²) in [6, 6.07) is 10.9. The maximum atomic E-state index is 2.65. The van der Waals surface area contributed by atoms with E-state index in [4.69, 9.17) is 0 Å². The van der Waals surface area contributed by atoms with Crippen molar-refractivity contribution in [3.63, 3.8) is 0 Å². The third-order valence-corrected chi connectivity index (χ3v) is 4.27.